The van der Waals surface area contributed by atoms with Crippen molar-refractivity contribution in [2.24, 2.45) is 5.41 Å². The molecule has 122 valence electrons. The largest absolute Gasteiger partial charge is 0.465 e. The van der Waals surface area contributed by atoms with Crippen LogP contribution in [0.1, 0.15) is 53.4 Å². The van der Waals surface area contributed by atoms with E-state index in [1.807, 2.05) is 20.8 Å². The zero-order valence-corrected chi connectivity index (χ0v) is 13.8. The van der Waals surface area contributed by atoms with Crippen LogP contribution in [0.2, 0.25) is 0 Å². The molecule has 0 aromatic rings. The molecule has 2 aliphatic rings. The van der Waals surface area contributed by atoms with Crippen molar-refractivity contribution in [1.82, 2.24) is 5.32 Å². The molecule has 1 saturated heterocycles. The molecule has 21 heavy (non-hydrogen) atoms. The Balaban J connectivity index is 1.84. The summed E-state index contributed by atoms with van der Waals surface area (Å²) in [6.07, 6.45) is 3.95. The molecule has 1 aliphatic carbocycles. The number of carbonyl (C=O) groups excluding carboxylic acids is 1. The fourth-order valence-corrected chi connectivity index (χ4v) is 3.01. The highest BCUT2D eigenvalue weighted by atomic mass is 16.7. The van der Waals surface area contributed by atoms with Crippen molar-refractivity contribution < 1.29 is 19.0 Å². The SMILES string of the molecule is CCOC(=O)C(C)(C)NCC1(C)CCC2(CC1)OCCO2. The quantitative estimate of drug-likeness (QED) is 0.789. The van der Waals surface area contributed by atoms with E-state index in [0.29, 0.717) is 19.8 Å². The third-order valence-electron chi connectivity index (χ3n) is 4.78. The van der Waals surface area contributed by atoms with Crippen LogP contribution in [0.25, 0.3) is 0 Å². The van der Waals surface area contributed by atoms with Gasteiger partial charge < -0.3 is 19.5 Å². The smallest absolute Gasteiger partial charge is 0.325 e. The second kappa shape index (κ2) is 6.23. The van der Waals surface area contributed by atoms with E-state index in [0.717, 1.165) is 32.2 Å². The highest BCUT2D eigenvalue weighted by Crippen LogP contribution is 2.44. The van der Waals surface area contributed by atoms with Gasteiger partial charge in [-0.1, -0.05) is 6.92 Å². The molecule has 0 aromatic heterocycles. The third-order valence-corrected chi connectivity index (χ3v) is 4.78. The highest BCUT2D eigenvalue weighted by Gasteiger charge is 2.45. The molecule has 5 heteroatoms. The van der Waals surface area contributed by atoms with Crippen LogP contribution in [-0.2, 0) is 19.0 Å². The molecule has 0 unspecified atom stereocenters. The summed E-state index contributed by atoms with van der Waals surface area (Å²) in [6, 6.07) is 0. The molecular formula is C16H29NO4. The number of rotatable bonds is 5. The maximum absolute atomic E-state index is 11.9. The number of hydrogen-bond acceptors (Lipinski definition) is 5. The third kappa shape index (κ3) is 3.96. The van der Waals surface area contributed by atoms with Crippen LogP contribution in [0.15, 0.2) is 0 Å². The molecule has 1 spiro atoms. The molecule has 0 radical (unpaired) electrons. The van der Waals surface area contributed by atoms with Gasteiger partial charge in [-0.25, -0.2) is 0 Å². The monoisotopic (exact) mass is 299 g/mol. The van der Waals surface area contributed by atoms with Gasteiger partial charge >= 0.3 is 5.97 Å². The van der Waals surface area contributed by atoms with Gasteiger partial charge in [0.05, 0.1) is 19.8 Å². The summed E-state index contributed by atoms with van der Waals surface area (Å²) in [5.41, 5.74) is -0.473. The Bertz CT molecular complexity index is 364. The number of hydrogen-bond donors (Lipinski definition) is 1. The molecular weight excluding hydrogens is 270 g/mol. The lowest BCUT2D eigenvalue weighted by molar-refractivity contribution is -0.190. The van der Waals surface area contributed by atoms with Crippen molar-refractivity contribution >= 4 is 5.97 Å². The number of nitrogens with one attached hydrogen (secondary N) is 1. The van der Waals surface area contributed by atoms with E-state index in [1.54, 1.807) is 0 Å². The van der Waals surface area contributed by atoms with E-state index < -0.39 is 5.54 Å². The van der Waals surface area contributed by atoms with Gasteiger partial charge in [0.25, 0.3) is 0 Å². The molecule has 5 nitrogen and oxygen atoms in total. The molecule has 0 amide bonds. The normalized spacial score (nSPS) is 24.2. The molecule has 2 fully saturated rings. The molecule has 1 saturated carbocycles. The van der Waals surface area contributed by atoms with Gasteiger partial charge in [-0.3, -0.25) is 4.79 Å². The zero-order valence-electron chi connectivity index (χ0n) is 13.8. The second-order valence-corrected chi connectivity index (χ2v) is 7.12. The molecule has 1 heterocycles. The average molecular weight is 299 g/mol. The minimum absolute atomic E-state index is 0.171. The lowest BCUT2D eigenvalue weighted by Gasteiger charge is -2.43. The number of carbonyl (C=O) groups is 1. The maximum Gasteiger partial charge on any atom is 0.325 e. The van der Waals surface area contributed by atoms with Gasteiger partial charge in [-0.15, -0.1) is 0 Å². The van der Waals surface area contributed by atoms with E-state index in [-0.39, 0.29) is 17.2 Å². The van der Waals surface area contributed by atoms with Crippen molar-refractivity contribution in [2.45, 2.75) is 64.7 Å². The van der Waals surface area contributed by atoms with Gasteiger partial charge in [0.1, 0.15) is 5.54 Å². The van der Waals surface area contributed by atoms with E-state index in [9.17, 15) is 4.79 Å². The van der Waals surface area contributed by atoms with Crippen LogP contribution in [0.3, 0.4) is 0 Å². The standard InChI is InChI=1S/C16H29NO4/c1-5-19-13(18)14(2,3)17-12-15(4)6-8-16(9-7-15)20-10-11-21-16/h17H,5-12H2,1-4H3. The Hall–Kier alpha value is -0.650. The summed E-state index contributed by atoms with van der Waals surface area (Å²) in [4.78, 5) is 11.9. The van der Waals surface area contributed by atoms with Crippen molar-refractivity contribution in [3.05, 3.63) is 0 Å². The first kappa shape index (κ1) is 16.7. The molecule has 1 N–H and O–H groups in total. The molecule has 2 rings (SSSR count). The van der Waals surface area contributed by atoms with Crippen LogP contribution >= 0.6 is 0 Å². The first-order valence-corrected chi connectivity index (χ1v) is 8.01. The van der Waals surface area contributed by atoms with E-state index in [1.165, 1.54) is 0 Å². The predicted octanol–water partition coefficient (Wildman–Crippen LogP) is 2.24. The van der Waals surface area contributed by atoms with Crippen LogP contribution in [-0.4, -0.2) is 43.7 Å². The van der Waals surface area contributed by atoms with Crippen LogP contribution in [0, 0.1) is 5.41 Å². The van der Waals surface area contributed by atoms with Crippen molar-refractivity contribution in [1.29, 1.82) is 0 Å². The fraction of sp³-hybridized carbons (Fsp3) is 0.938. The van der Waals surface area contributed by atoms with Gasteiger partial charge in [-0.2, -0.15) is 0 Å². The second-order valence-electron chi connectivity index (χ2n) is 7.12. The molecule has 0 aromatic carbocycles. The first-order chi connectivity index (χ1) is 9.81. The minimum Gasteiger partial charge on any atom is -0.465 e. The summed E-state index contributed by atoms with van der Waals surface area (Å²) >= 11 is 0. The summed E-state index contributed by atoms with van der Waals surface area (Å²) < 4.78 is 16.7. The predicted molar refractivity (Wildman–Crippen MR) is 79.9 cm³/mol. The lowest BCUT2D eigenvalue weighted by Crippen LogP contribution is -2.52. The average Bonchev–Trinajstić information content (AvgIpc) is 2.90. The Kier molecular flexibility index (Phi) is 4.96. The van der Waals surface area contributed by atoms with Crippen molar-refractivity contribution in [2.75, 3.05) is 26.4 Å². The maximum atomic E-state index is 11.9. The summed E-state index contributed by atoms with van der Waals surface area (Å²) in [5.74, 6) is -0.515. The van der Waals surface area contributed by atoms with E-state index in [2.05, 4.69) is 12.2 Å². The molecule has 1 aliphatic heterocycles. The Morgan fingerprint density at radius 3 is 2.29 bits per heavy atom. The van der Waals surface area contributed by atoms with Crippen molar-refractivity contribution in [3.8, 4) is 0 Å². The van der Waals surface area contributed by atoms with Gasteiger partial charge in [0, 0.05) is 19.4 Å². The van der Waals surface area contributed by atoms with Crippen LogP contribution in [0.4, 0.5) is 0 Å². The molecule has 0 bridgehead atoms. The van der Waals surface area contributed by atoms with Crippen molar-refractivity contribution in [3.63, 3.8) is 0 Å². The summed E-state index contributed by atoms with van der Waals surface area (Å²) in [7, 11) is 0. The Morgan fingerprint density at radius 2 is 1.76 bits per heavy atom. The van der Waals surface area contributed by atoms with Gasteiger partial charge in [0.2, 0.25) is 0 Å². The summed E-state index contributed by atoms with van der Waals surface area (Å²) in [6.45, 7) is 10.5. The highest BCUT2D eigenvalue weighted by molar-refractivity contribution is 5.79. The van der Waals surface area contributed by atoms with Gasteiger partial charge in [0.15, 0.2) is 5.79 Å². The Morgan fingerprint density at radius 1 is 1.19 bits per heavy atom. The zero-order chi connectivity index (χ0) is 15.6. The fourth-order valence-electron chi connectivity index (χ4n) is 3.01. The topological polar surface area (TPSA) is 56.8 Å². The van der Waals surface area contributed by atoms with Gasteiger partial charge in [-0.05, 0) is 39.0 Å². The number of ether oxygens (including phenoxy) is 3. The Labute approximate surface area is 127 Å². The lowest BCUT2D eigenvalue weighted by atomic mass is 9.73. The summed E-state index contributed by atoms with van der Waals surface area (Å²) in [5, 5.41) is 3.38. The van der Waals surface area contributed by atoms with E-state index in [4.69, 9.17) is 14.2 Å². The minimum atomic E-state index is -0.644. The first-order valence-electron chi connectivity index (χ1n) is 8.01. The van der Waals surface area contributed by atoms with Crippen LogP contribution < -0.4 is 5.32 Å². The van der Waals surface area contributed by atoms with E-state index >= 15 is 0 Å². The number of esters is 1. The van der Waals surface area contributed by atoms with Crippen LogP contribution in [0.5, 0.6) is 0 Å². The molecule has 0 atom stereocenters.